The van der Waals surface area contributed by atoms with Gasteiger partial charge in [-0.15, -0.1) is 0 Å². The lowest BCUT2D eigenvalue weighted by atomic mass is 10.1. The Morgan fingerprint density at radius 1 is 1.36 bits per heavy atom. The summed E-state index contributed by atoms with van der Waals surface area (Å²) in [5.74, 6) is 0.457. The second kappa shape index (κ2) is 6.02. The lowest BCUT2D eigenvalue weighted by Gasteiger charge is -2.29. The summed E-state index contributed by atoms with van der Waals surface area (Å²) in [5.41, 5.74) is 0. The summed E-state index contributed by atoms with van der Waals surface area (Å²) in [5, 5.41) is 3.22. The van der Waals surface area contributed by atoms with E-state index in [4.69, 9.17) is 0 Å². The second-order valence-electron chi connectivity index (χ2n) is 4.09. The maximum atomic E-state index is 11.9. The van der Waals surface area contributed by atoms with Gasteiger partial charge >= 0.3 is 0 Å². The molecule has 1 saturated heterocycles. The molecule has 14 heavy (non-hydrogen) atoms. The Balaban J connectivity index is 2.30. The van der Waals surface area contributed by atoms with Crippen molar-refractivity contribution in [3.8, 4) is 0 Å². The van der Waals surface area contributed by atoms with Gasteiger partial charge in [-0.2, -0.15) is 0 Å². The standard InChI is InChI=1S/C11H22N2O/c1-3-12-9-10(2)11(14)13-7-5-4-6-8-13/h10,12H,3-9H2,1-2H3. The van der Waals surface area contributed by atoms with Gasteiger partial charge in [0, 0.05) is 25.6 Å². The van der Waals surface area contributed by atoms with Crippen LogP contribution in [0.2, 0.25) is 0 Å². The number of carbonyl (C=O) groups is 1. The molecule has 1 N–H and O–H groups in total. The van der Waals surface area contributed by atoms with Gasteiger partial charge in [-0.05, 0) is 25.8 Å². The lowest BCUT2D eigenvalue weighted by Crippen LogP contribution is -2.41. The Bertz CT molecular complexity index is 176. The molecule has 0 aliphatic carbocycles. The van der Waals surface area contributed by atoms with Gasteiger partial charge in [0.15, 0.2) is 0 Å². The van der Waals surface area contributed by atoms with Crippen LogP contribution in [0.1, 0.15) is 33.1 Å². The molecule has 1 amide bonds. The van der Waals surface area contributed by atoms with Crippen LogP contribution in [0, 0.1) is 5.92 Å². The number of amides is 1. The van der Waals surface area contributed by atoms with Crippen molar-refractivity contribution in [1.82, 2.24) is 10.2 Å². The van der Waals surface area contributed by atoms with Crippen LogP contribution < -0.4 is 5.32 Å². The molecule has 1 atom stereocenters. The van der Waals surface area contributed by atoms with Crippen molar-refractivity contribution in [2.24, 2.45) is 5.92 Å². The minimum atomic E-state index is 0.132. The third-order valence-electron chi connectivity index (χ3n) is 2.79. The molecule has 0 aromatic carbocycles. The predicted octanol–water partition coefficient (Wildman–Crippen LogP) is 1.24. The monoisotopic (exact) mass is 198 g/mol. The van der Waals surface area contributed by atoms with Gasteiger partial charge in [0.25, 0.3) is 0 Å². The largest absolute Gasteiger partial charge is 0.342 e. The van der Waals surface area contributed by atoms with Crippen molar-refractivity contribution in [2.45, 2.75) is 33.1 Å². The van der Waals surface area contributed by atoms with Crippen molar-refractivity contribution in [3.05, 3.63) is 0 Å². The van der Waals surface area contributed by atoms with Gasteiger partial charge in [0.2, 0.25) is 5.91 Å². The quantitative estimate of drug-likeness (QED) is 0.737. The third-order valence-corrected chi connectivity index (χ3v) is 2.79. The molecule has 82 valence electrons. The SMILES string of the molecule is CCNCC(C)C(=O)N1CCCCC1. The fourth-order valence-corrected chi connectivity index (χ4v) is 1.87. The van der Waals surface area contributed by atoms with E-state index in [9.17, 15) is 4.79 Å². The van der Waals surface area contributed by atoms with Gasteiger partial charge in [-0.3, -0.25) is 4.79 Å². The van der Waals surface area contributed by atoms with Gasteiger partial charge in [0.1, 0.15) is 0 Å². The minimum absolute atomic E-state index is 0.132. The van der Waals surface area contributed by atoms with Crippen LogP contribution in [0.25, 0.3) is 0 Å². The van der Waals surface area contributed by atoms with E-state index in [1.54, 1.807) is 0 Å². The highest BCUT2D eigenvalue weighted by atomic mass is 16.2. The molecule has 3 heteroatoms. The Morgan fingerprint density at radius 2 is 2.00 bits per heavy atom. The highest BCUT2D eigenvalue weighted by Gasteiger charge is 2.21. The molecular weight excluding hydrogens is 176 g/mol. The molecular formula is C11H22N2O. The fraction of sp³-hybridized carbons (Fsp3) is 0.909. The predicted molar refractivity (Wildman–Crippen MR) is 58.1 cm³/mol. The highest BCUT2D eigenvalue weighted by molar-refractivity contribution is 5.78. The summed E-state index contributed by atoms with van der Waals surface area (Å²) >= 11 is 0. The first kappa shape index (κ1) is 11.5. The van der Waals surface area contributed by atoms with Crippen molar-refractivity contribution in [1.29, 1.82) is 0 Å². The molecule has 1 heterocycles. The van der Waals surface area contributed by atoms with Crippen molar-refractivity contribution in [3.63, 3.8) is 0 Å². The zero-order valence-corrected chi connectivity index (χ0v) is 9.38. The van der Waals surface area contributed by atoms with E-state index < -0.39 is 0 Å². The summed E-state index contributed by atoms with van der Waals surface area (Å²) in [6.07, 6.45) is 3.64. The van der Waals surface area contributed by atoms with Crippen LogP contribution >= 0.6 is 0 Å². The van der Waals surface area contributed by atoms with E-state index in [0.717, 1.165) is 26.2 Å². The first-order valence-electron chi connectivity index (χ1n) is 5.75. The molecule has 3 nitrogen and oxygen atoms in total. The number of likely N-dealkylation sites (tertiary alicyclic amines) is 1. The summed E-state index contributed by atoms with van der Waals surface area (Å²) in [6, 6.07) is 0. The number of rotatable bonds is 4. The van der Waals surface area contributed by atoms with Crippen LogP contribution in [0.15, 0.2) is 0 Å². The second-order valence-corrected chi connectivity index (χ2v) is 4.09. The van der Waals surface area contributed by atoms with Crippen molar-refractivity contribution in [2.75, 3.05) is 26.2 Å². The van der Waals surface area contributed by atoms with Crippen LogP contribution in [0.4, 0.5) is 0 Å². The van der Waals surface area contributed by atoms with E-state index in [-0.39, 0.29) is 5.92 Å². The van der Waals surface area contributed by atoms with Gasteiger partial charge in [-0.25, -0.2) is 0 Å². The van der Waals surface area contributed by atoms with Gasteiger partial charge < -0.3 is 10.2 Å². The molecule has 1 rings (SSSR count). The average molecular weight is 198 g/mol. The molecule has 0 aromatic heterocycles. The first-order chi connectivity index (χ1) is 6.75. The molecule has 0 radical (unpaired) electrons. The summed E-state index contributed by atoms with van der Waals surface area (Å²) in [6.45, 7) is 7.77. The molecule has 0 spiro atoms. The number of piperidine rings is 1. The molecule has 1 unspecified atom stereocenters. The van der Waals surface area contributed by atoms with E-state index in [1.807, 2.05) is 11.8 Å². The molecule has 1 fully saturated rings. The number of hydrogen-bond acceptors (Lipinski definition) is 2. The molecule has 0 saturated carbocycles. The Labute approximate surface area is 86.9 Å². The van der Waals surface area contributed by atoms with Crippen LogP contribution in [0.5, 0.6) is 0 Å². The van der Waals surface area contributed by atoms with E-state index in [1.165, 1.54) is 19.3 Å². The molecule has 1 aliphatic rings. The number of carbonyl (C=O) groups excluding carboxylic acids is 1. The first-order valence-corrected chi connectivity index (χ1v) is 5.75. The maximum absolute atomic E-state index is 11.9. The lowest BCUT2D eigenvalue weighted by molar-refractivity contribution is -0.135. The number of hydrogen-bond donors (Lipinski definition) is 1. The van der Waals surface area contributed by atoms with E-state index in [0.29, 0.717) is 5.91 Å². The number of nitrogens with zero attached hydrogens (tertiary/aromatic N) is 1. The van der Waals surface area contributed by atoms with Crippen LogP contribution in [-0.2, 0) is 4.79 Å². The molecule has 1 aliphatic heterocycles. The smallest absolute Gasteiger partial charge is 0.226 e. The van der Waals surface area contributed by atoms with Crippen molar-refractivity contribution >= 4 is 5.91 Å². The molecule has 0 bridgehead atoms. The average Bonchev–Trinajstić information content (AvgIpc) is 2.26. The highest BCUT2D eigenvalue weighted by Crippen LogP contribution is 2.11. The van der Waals surface area contributed by atoms with Crippen LogP contribution in [0.3, 0.4) is 0 Å². The third kappa shape index (κ3) is 3.29. The topological polar surface area (TPSA) is 32.3 Å². The van der Waals surface area contributed by atoms with Gasteiger partial charge in [-0.1, -0.05) is 13.8 Å². The van der Waals surface area contributed by atoms with Gasteiger partial charge in [0.05, 0.1) is 0 Å². The van der Waals surface area contributed by atoms with Crippen molar-refractivity contribution < 1.29 is 4.79 Å². The minimum Gasteiger partial charge on any atom is -0.342 e. The summed E-state index contributed by atoms with van der Waals surface area (Å²) < 4.78 is 0. The summed E-state index contributed by atoms with van der Waals surface area (Å²) in [7, 11) is 0. The summed E-state index contributed by atoms with van der Waals surface area (Å²) in [4.78, 5) is 13.9. The Morgan fingerprint density at radius 3 is 2.57 bits per heavy atom. The Hall–Kier alpha value is -0.570. The van der Waals surface area contributed by atoms with Crippen LogP contribution in [-0.4, -0.2) is 37.0 Å². The zero-order valence-electron chi connectivity index (χ0n) is 9.38. The van der Waals surface area contributed by atoms with E-state index in [2.05, 4.69) is 12.2 Å². The van der Waals surface area contributed by atoms with E-state index >= 15 is 0 Å². The fourth-order valence-electron chi connectivity index (χ4n) is 1.87. The maximum Gasteiger partial charge on any atom is 0.226 e. The normalized spacial score (nSPS) is 19.4. The zero-order chi connectivity index (χ0) is 10.4. The molecule has 0 aromatic rings. The Kier molecular flexibility index (Phi) is 4.94. The number of nitrogens with one attached hydrogen (secondary N) is 1.